The molecule has 0 aromatic heterocycles. The summed E-state index contributed by atoms with van der Waals surface area (Å²) in [6, 6.07) is 11.8. The third-order valence-corrected chi connectivity index (χ3v) is 4.41. The van der Waals surface area contributed by atoms with E-state index in [9.17, 15) is 9.18 Å². The third-order valence-electron chi connectivity index (χ3n) is 3.77. The van der Waals surface area contributed by atoms with Crippen LogP contribution in [-0.2, 0) is 0 Å². The fourth-order valence-electron chi connectivity index (χ4n) is 2.63. The molecule has 2 aromatic carbocycles. The molecule has 3 rings (SSSR count). The molecule has 0 fully saturated rings. The maximum absolute atomic E-state index is 13.5. The molecule has 24 heavy (non-hydrogen) atoms. The quantitative estimate of drug-likeness (QED) is 0.648. The van der Waals surface area contributed by atoms with E-state index in [2.05, 4.69) is 31.9 Å². The Bertz CT molecular complexity index is 809. The van der Waals surface area contributed by atoms with Crippen LogP contribution in [0.1, 0.15) is 17.2 Å². The van der Waals surface area contributed by atoms with Crippen molar-refractivity contribution >= 4 is 33.3 Å². The molecule has 5 nitrogen and oxygen atoms in total. The molecule has 0 bridgehead atoms. The zero-order chi connectivity index (χ0) is 17.1. The van der Waals surface area contributed by atoms with E-state index in [1.165, 1.54) is 18.3 Å². The predicted octanol–water partition coefficient (Wildman–Crippen LogP) is 3.31. The van der Waals surface area contributed by atoms with Gasteiger partial charge in [-0.15, -0.1) is 0 Å². The molecule has 0 saturated carbocycles. The third kappa shape index (κ3) is 3.35. The largest absolute Gasteiger partial charge is 0.403 e. The van der Waals surface area contributed by atoms with Crippen LogP contribution in [0.3, 0.4) is 0 Å². The normalized spacial score (nSPS) is 17.2. The van der Waals surface area contributed by atoms with Crippen molar-refractivity contribution < 1.29 is 9.18 Å². The first-order valence-electron chi connectivity index (χ1n) is 7.36. The summed E-state index contributed by atoms with van der Waals surface area (Å²) in [5.74, 6) is -0.433. The van der Waals surface area contributed by atoms with Gasteiger partial charge in [0.15, 0.2) is 0 Å². The number of nitrogens with two attached hydrogens (primary N) is 1. The summed E-state index contributed by atoms with van der Waals surface area (Å²) in [5.41, 5.74) is 8.96. The molecule has 1 aliphatic rings. The summed E-state index contributed by atoms with van der Waals surface area (Å²) >= 11 is 3.07. The number of benzene rings is 2. The first-order valence-corrected chi connectivity index (χ1v) is 8.15. The Labute approximate surface area is 147 Å². The number of anilines is 1. The lowest BCUT2D eigenvalue weighted by molar-refractivity contribution is 0.251. The van der Waals surface area contributed by atoms with Gasteiger partial charge in [-0.2, -0.15) is 0 Å². The first kappa shape index (κ1) is 16.3. The van der Waals surface area contributed by atoms with Crippen molar-refractivity contribution in [1.82, 2.24) is 10.6 Å². The number of carbonyl (C=O) groups is 1. The fraction of sp³-hybridized carbons (Fsp3) is 0.118. The Morgan fingerprint density at radius 2 is 2.12 bits per heavy atom. The molecular weight excluding hydrogens is 375 g/mol. The number of hydrogen-bond acceptors (Lipinski definition) is 3. The summed E-state index contributed by atoms with van der Waals surface area (Å²) in [4.78, 5) is 12.0. The molecule has 0 spiro atoms. The standard InChI is InChI=1S/C17H16BrFN4O/c18-13-6-5-10(7-14(13)19)22-17(24)21-9-16-12-4-2-1-3-11(12)15(8-20)23-16/h1-8,16,23H,9,20H2,(H2,21,22,24)/b15-8-. The Kier molecular flexibility index (Phi) is 4.71. The second-order valence-electron chi connectivity index (χ2n) is 5.33. The highest BCUT2D eigenvalue weighted by atomic mass is 79.9. The number of nitrogens with one attached hydrogen (secondary N) is 3. The summed E-state index contributed by atoms with van der Waals surface area (Å²) in [5, 5.41) is 8.65. The smallest absolute Gasteiger partial charge is 0.319 e. The highest BCUT2D eigenvalue weighted by Crippen LogP contribution is 2.31. The molecule has 1 aliphatic heterocycles. The number of urea groups is 1. The molecule has 2 aromatic rings. The van der Waals surface area contributed by atoms with E-state index in [4.69, 9.17) is 5.73 Å². The molecule has 0 radical (unpaired) electrons. The van der Waals surface area contributed by atoms with E-state index in [0.29, 0.717) is 16.7 Å². The molecule has 0 saturated heterocycles. The highest BCUT2D eigenvalue weighted by molar-refractivity contribution is 9.10. The van der Waals surface area contributed by atoms with Crippen molar-refractivity contribution in [1.29, 1.82) is 0 Å². The number of carbonyl (C=O) groups excluding carboxylic acids is 1. The van der Waals surface area contributed by atoms with E-state index in [-0.39, 0.29) is 6.04 Å². The SMILES string of the molecule is N/C=C1\NC(CNC(=O)Nc2ccc(Br)c(F)c2)c2ccccc21. The van der Waals surface area contributed by atoms with Crippen molar-refractivity contribution in [2.24, 2.45) is 5.73 Å². The van der Waals surface area contributed by atoms with Crippen molar-refractivity contribution in [2.75, 3.05) is 11.9 Å². The van der Waals surface area contributed by atoms with Gasteiger partial charge < -0.3 is 21.7 Å². The zero-order valence-corrected chi connectivity index (χ0v) is 14.2. The number of hydrogen-bond donors (Lipinski definition) is 4. The van der Waals surface area contributed by atoms with Crippen LogP contribution in [0.4, 0.5) is 14.9 Å². The topological polar surface area (TPSA) is 79.2 Å². The second-order valence-corrected chi connectivity index (χ2v) is 6.18. The molecule has 0 aliphatic carbocycles. The monoisotopic (exact) mass is 390 g/mol. The van der Waals surface area contributed by atoms with Gasteiger partial charge in [0.2, 0.25) is 0 Å². The van der Waals surface area contributed by atoms with Gasteiger partial charge in [0, 0.05) is 24.0 Å². The van der Waals surface area contributed by atoms with Gasteiger partial charge >= 0.3 is 6.03 Å². The summed E-state index contributed by atoms with van der Waals surface area (Å²) < 4.78 is 13.8. The average Bonchev–Trinajstić information content (AvgIpc) is 2.94. The lowest BCUT2D eigenvalue weighted by atomic mass is 10.0. The predicted molar refractivity (Wildman–Crippen MR) is 95.6 cm³/mol. The molecule has 1 unspecified atom stereocenters. The molecule has 1 heterocycles. The molecule has 1 atom stereocenters. The Morgan fingerprint density at radius 3 is 2.88 bits per heavy atom. The van der Waals surface area contributed by atoms with Crippen molar-refractivity contribution in [3.05, 3.63) is 70.1 Å². The van der Waals surface area contributed by atoms with Gasteiger partial charge in [0.1, 0.15) is 5.82 Å². The molecule has 2 amide bonds. The van der Waals surface area contributed by atoms with E-state index in [1.807, 2.05) is 24.3 Å². The van der Waals surface area contributed by atoms with Gasteiger partial charge in [-0.1, -0.05) is 24.3 Å². The Balaban J connectivity index is 1.62. The van der Waals surface area contributed by atoms with Crippen LogP contribution in [0.15, 0.2) is 53.1 Å². The van der Waals surface area contributed by atoms with Gasteiger partial charge in [-0.05, 0) is 39.7 Å². The molecular formula is C17H16BrFN4O. The van der Waals surface area contributed by atoms with E-state index >= 15 is 0 Å². The number of fused-ring (bicyclic) bond motifs is 1. The maximum Gasteiger partial charge on any atom is 0.319 e. The summed E-state index contributed by atoms with van der Waals surface area (Å²) in [7, 11) is 0. The number of rotatable bonds is 3. The van der Waals surface area contributed by atoms with E-state index in [1.54, 1.807) is 6.07 Å². The second kappa shape index (κ2) is 6.92. The van der Waals surface area contributed by atoms with Crippen molar-refractivity contribution in [3.63, 3.8) is 0 Å². The van der Waals surface area contributed by atoms with Gasteiger partial charge in [0.25, 0.3) is 0 Å². The van der Waals surface area contributed by atoms with E-state index in [0.717, 1.165) is 16.8 Å². The van der Waals surface area contributed by atoms with Crippen LogP contribution in [0.2, 0.25) is 0 Å². The first-order chi connectivity index (χ1) is 11.6. The summed E-state index contributed by atoms with van der Waals surface area (Å²) in [6.45, 7) is 0.374. The van der Waals surface area contributed by atoms with Crippen LogP contribution < -0.4 is 21.7 Å². The van der Waals surface area contributed by atoms with Crippen molar-refractivity contribution in [2.45, 2.75) is 6.04 Å². The van der Waals surface area contributed by atoms with Gasteiger partial charge in [0.05, 0.1) is 16.2 Å². The summed E-state index contributed by atoms with van der Waals surface area (Å²) in [6.07, 6.45) is 1.52. The zero-order valence-electron chi connectivity index (χ0n) is 12.6. The van der Waals surface area contributed by atoms with Gasteiger partial charge in [-0.3, -0.25) is 0 Å². The van der Waals surface area contributed by atoms with E-state index < -0.39 is 11.8 Å². The maximum atomic E-state index is 13.5. The minimum Gasteiger partial charge on any atom is -0.403 e. The number of halogens is 2. The minimum absolute atomic E-state index is 0.0663. The fourth-order valence-corrected chi connectivity index (χ4v) is 2.88. The average molecular weight is 391 g/mol. The number of amides is 2. The Hall–Kier alpha value is -2.54. The minimum atomic E-state index is -0.433. The van der Waals surface area contributed by atoms with Gasteiger partial charge in [-0.25, -0.2) is 9.18 Å². The van der Waals surface area contributed by atoms with Crippen LogP contribution in [0, 0.1) is 5.82 Å². The lowest BCUT2D eigenvalue weighted by Gasteiger charge is -2.14. The van der Waals surface area contributed by atoms with Crippen LogP contribution in [-0.4, -0.2) is 12.6 Å². The van der Waals surface area contributed by atoms with Crippen molar-refractivity contribution in [3.8, 4) is 0 Å². The van der Waals surface area contributed by atoms with Crippen LogP contribution >= 0.6 is 15.9 Å². The molecule has 5 N–H and O–H groups in total. The lowest BCUT2D eigenvalue weighted by Crippen LogP contribution is -2.34. The highest BCUT2D eigenvalue weighted by Gasteiger charge is 2.25. The Morgan fingerprint density at radius 1 is 1.33 bits per heavy atom. The molecule has 7 heteroatoms. The van der Waals surface area contributed by atoms with Crippen LogP contribution in [0.5, 0.6) is 0 Å². The van der Waals surface area contributed by atoms with Crippen LogP contribution in [0.25, 0.3) is 5.70 Å². The molecule has 124 valence electrons.